The molecular formula is C30H29N9O4. The number of aryl methyl sites for hydroxylation is 1. The highest BCUT2D eigenvalue weighted by atomic mass is 16.5. The van der Waals surface area contributed by atoms with Crippen LogP contribution in [0.25, 0.3) is 11.2 Å². The average molecular weight is 580 g/mol. The summed E-state index contributed by atoms with van der Waals surface area (Å²) in [6.07, 6.45) is 10.5. The third-order valence-electron chi connectivity index (χ3n) is 8.04. The Morgan fingerprint density at radius 1 is 1.05 bits per heavy atom. The van der Waals surface area contributed by atoms with Crippen LogP contribution in [0, 0.1) is 6.92 Å². The van der Waals surface area contributed by atoms with Gasteiger partial charge in [0.25, 0.3) is 0 Å². The van der Waals surface area contributed by atoms with E-state index in [9.17, 15) is 14.7 Å². The summed E-state index contributed by atoms with van der Waals surface area (Å²) in [6.45, 7) is 3.62. The summed E-state index contributed by atoms with van der Waals surface area (Å²) in [6, 6.07) is 11.3. The molecule has 218 valence electrons. The summed E-state index contributed by atoms with van der Waals surface area (Å²) in [5.41, 5.74) is 4.42. The summed E-state index contributed by atoms with van der Waals surface area (Å²) in [5.74, 6) is 2.09. The minimum absolute atomic E-state index is 0.106. The van der Waals surface area contributed by atoms with Gasteiger partial charge in [0.05, 0.1) is 6.04 Å². The molecule has 4 aromatic heterocycles. The molecule has 0 radical (unpaired) electrons. The Morgan fingerprint density at radius 2 is 1.86 bits per heavy atom. The number of fused-ring (bicyclic) bond motifs is 2. The summed E-state index contributed by atoms with van der Waals surface area (Å²) in [7, 11) is 0. The number of hydrogen-bond acceptors (Lipinski definition) is 8. The van der Waals surface area contributed by atoms with Crippen molar-refractivity contribution in [1.29, 1.82) is 0 Å². The summed E-state index contributed by atoms with van der Waals surface area (Å²) < 4.78 is 9.58. The quantitative estimate of drug-likeness (QED) is 0.271. The smallest absolute Gasteiger partial charge is 0.407 e. The van der Waals surface area contributed by atoms with Crippen molar-refractivity contribution in [2.75, 3.05) is 25.0 Å². The van der Waals surface area contributed by atoms with Gasteiger partial charge in [-0.05, 0) is 61.2 Å². The van der Waals surface area contributed by atoms with Crippen LogP contribution in [0.5, 0.6) is 11.5 Å². The van der Waals surface area contributed by atoms with Crippen LogP contribution in [-0.4, -0.2) is 81.8 Å². The highest BCUT2D eigenvalue weighted by Gasteiger charge is 2.34. The molecule has 2 amide bonds. The Hall–Kier alpha value is -5.46. The number of rotatable bonds is 7. The fraction of sp³-hybridized carbons (Fsp3) is 0.267. The highest BCUT2D eigenvalue weighted by molar-refractivity contribution is 5.89. The van der Waals surface area contributed by atoms with Crippen molar-refractivity contribution < 1.29 is 19.4 Å². The van der Waals surface area contributed by atoms with E-state index in [0.29, 0.717) is 36.8 Å². The van der Waals surface area contributed by atoms with Gasteiger partial charge < -0.3 is 25.0 Å². The number of carbonyl (C=O) groups is 2. The molecule has 1 atom stereocenters. The van der Waals surface area contributed by atoms with E-state index < -0.39 is 6.09 Å². The third kappa shape index (κ3) is 5.09. The van der Waals surface area contributed by atoms with Gasteiger partial charge in [-0.1, -0.05) is 6.08 Å². The van der Waals surface area contributed by atoms with Crippen molar-refractivity contribution in [2.45, 2.75) is 31.7 Å². The lowest BCUT2D eigenvalue weighted by atomic mass is 9.92. The monoisotopic (exact) mass is 579 g/mol. The normalized spacial score (nSPS) is 17.2. The Morgan fingerprint density at radius 3 is 2.70 bits per heavy atom. The summed E-state index contributed by atoms with van der Waals surface area (Å²) in [4.78, 5) is 36.0. The van der Waals surface area contributed by atoms with E-state index in [1.54, 1.807) is 26.2 Å². The molecule has 13 heteroatoms. The number of nitrogens with one attached hydrogen (secondary N) is 1. The molecule has 0 spiro atoms. The van der Waals surface area contributed by atoms with Crippen molar-refractivity contribution in [1.82, 2.24) is 39.0 Å². The van der Waals surface area contributed by atoms with Crippen LogP contribution in [-0.2, 0) is 4.79 Å². The van der Waals surface area contributed by atoms with Gasteiger partial charge >= 0.3 is 6.09 Å². The van der Waals surface area contributed by atoms with E-state index in [0.717, 1.165) is 40.9 Å². The SMILES string of the molecule is Cc1cc(Nc2ncnn3ccc(C4CN(C(=O)/C=C/C5CCCN5C(=O)O)C4)c23)ccc1Oc1ccn2ncnc2c1. The zero-order valence-electron chi connectivity index (χ0n) is 23.4. The molecule has 5 aromatic rings. The second kappa shape index (κ2) is 10.7. The standard InChI is InChI=1S/C30H29N9O4/c1-19-13-21(4-6-25(19)43-23-8-11-38-26(14-23)31-17-33-38)35-29-28-24(9-12-39(28)34-18-32-29)20-15-36(16-20)27(40)7-5-22-3-2-10-37(22)30(41)42/h4-9,11-14,17-18,20,22H,2-3,10,15-16H2,1H3,(H,41,42)(H,32,34,35)/b7-5+. The van der Waals surface area contributed by atoms with Crippen LogP contribution in [0.15, 0.2) is 73.6 Å². The fourth-order valence-corrected chi connectivity index (χ4v) is 5.75. The van der Waals surface area contributed by atoms with Gasteiger partial charge in [0.1, 0.15) is 29.7 Å². The van der Waals surface area contributed by atoms with Crippen molar-refractivity contribution in [2.24, 2.45) is 0 Å². The largest absolute Gasteiger partial charge is 0.465 e. The molecular weight excluding hydrogens is 550 g/mol. The average Bonchev–Trinajstić information content (AvgIpc) is 3.73. The van der Waals surface area contributed by atoms with Gasteiger partial charge in [0.15, 0.2) is 11.5 Å². The molecule has 0 aliphatic carbocycles. The van der Waals surface area contributed by atoms with E-state index in [1.165, 1.54) is 23.6 Å². The van der Waals surface area contributed by atoms with Gasteiger partial charge in [-0.2, -0.15) is 10.2 Å². The first-order chi connectivity index (χ1) is 20.9. The van der Waals surface area contributed by atoms with Gasteiger partial charge in [-0.15, -0.1) is 0 Å². The first-order valence-electron chi connectivity index (χ1n) is 14.1. The van der Waals surface area contributed by atoms with Gasteiger partial charge in [0.2, 0.25) is 5.91 Å². The number of ether oxygens (including phenoxy) is 1. The van der Waals surface area contributed by atoms with Crippen LogP contribution >= 0.6 is 0 Å². The maximum atomic E-state index is 12.8. The second-order valence-electron chi connectivity index (χ2n) is 10.8. The second-order valence-corrected chi connectivity index (χ2v) is 10.8. The number of benzene rings is 1. The molecule has 2 fully saturated rings. The number of carboxylic acid groups (broad SMARTS) is 1. The van der Waals surface area contributed by atoms with Crippen LogP contribution in [0.2, 0.25) is 0 Å². The molecule has 2 aliphatic heterocycles. The summed E-state index contributed by atoms with van der Waals surface area (Å²) in [5, 5.41) is 21.3. The molecule has 0 saturated carbocycles. The zero-order valence-corrected chi connectivity index (χ0v) is 23.4. The first kappa shape index (κ1) is 26.4. The number of hydrogen-bond donors (Lipinski definition) is 2. The molecule has 1 aromatic carbocycles. The van der Waals surface area contributed by atoms with Crippen LogP contribution in [0.3, 0.4) is 0 Å². The van der Waals surface area contributed by atoms with Crippen molar-refractivity contribution in [3.05, 3.63) is 84.7 Å². The highest BCUT2D eigenvalue weighted by Crippen LogP contribution is 2.35. The van der Waals surface area contributed by atoms with E-state index in [2.05, 4.69) is 25.5 Å². The van der Waals surface area contributed by atoms with E-state index in [1.807, 2.05) is 49.5 Å². The van der Waals surface area contributed by atoms with Crippen LogP contribution in [0.1, 0.15) is 29.9 Å². The molecule has 2 N–H and O–H groups in total. The van der Waals surface area contributed by atoms with Crippen molar-refractivity contribution in [3.8, 4) is 11.5 Å². The van der Waals surface area contributed by atoms with E-state index >= 15 is 0 Å². The predicted octanol–water partition coefficient (Wildman–Crippen LogP) is 4.24. The molecule has 2 saturated heterocycles. The number of likely N-dealkylation sites (tertiary alicyclic amines) is 2. The molecule has 2 aliphatic rings. The van der Waals surface area contributed by atoms with Crippen molar-refractivity contribution >= 4 is 34.7 Å². The lowest BCUT2D eigenvalue weighted by Gasteiger charge is -2.38. The maximum Gasteiger partial charge on any atom is 0.407 e. The molecule has 43 heavy (non-hydrogen) atoms. The minimum Gasteiger partial charge on any atom is -0.465 e. The minimum atomic E-state index is -0.947. The van der Waals surface area contributed by atoms with Gasteiger partial charge in [-0.25, -0.2) is 23.8 Å². The number of pyridine rings is 1. The molecule has 1 unspecified atom stereocenters. The van der Waals surface area contributed by atoms with Crippen molar-refractivity contribution in [3.63, 3.8) is 0 Å². The molecule has 6 heterocycles. The lowest BCUT2D eigenvalue weighted by Crippen LogP contribution is -2.48. The predicted molar refractivity (Wildman–Crippen MR) is 157 cm³/mol. The maximum absolute atomic E-state index is 12.8. The number of nitrogens with zero attached hydrogens (tertiary/aromatic N) is 8. The zero-order chi connectivity index (χ0) is 29.5. The third-order valence-corrected chi connectivity index (χ3v) is 8.04. The fourth-order valence-electron chi connectivity index (χ4n) is 5.75. The Bertz CT molecular complexity index is 1870. The van der Waals surface area contributed by atoms with Crippen LogP contribution in [0.4, 0.5) is 16.3 Å². The van der Waals surface area contributed by atoms with E-state index in [4.69, 9.17) is 4.74 Å². The molecule has 7 rings (SSSR count). The Kier molecular flexibility index (Phi) is 6.61. The van der Waals surface area contributed by atoms with Gasteiger partial charge in [-0.3, -0.25) is 4.79 Å². The Labute approximate surface area is 246 Å². The summed E-state index contributed by atoms with van der Waals surface area (Å²) >= 11 is 0. The Balaban J connectivity index is 1.04. The molecule has 0 bridgehead atoms. The number of carbonyl (C=O) groups excluding carboxylic acids is 1. The first-order valence-corrected chi connectivity index (χ1v) is 14.1. The number of amides is 2. The van der Waals surface area contributed by atoms with E-state index in [-0.39, 0.29) is 17.9 Å². The van der Waals surface area contributed by atoms with Gasteiger partial charge in [0, 0.05) is 55.8 Å². The topological polar surface area (TPSA) is 142 Å². The lowest BCUT2D eigenvalue weighted by molar-refractivity contribution is -0.130. The molecule has 13 nitrogen and oxygen atoms in total. The number of anilines is 2. The van der Waals surface area contributed by atoms with Crippen LogP contribution < -0.4 is 10.1 Å². The number of aromatic nitrogens is 6.